The van der Waals surface area contributed by atoms with Gasteiger partial charge in [0.2, 0.25) is 10.0 Å². The Bertz CT molecular complexity index is 592. The Hall–Kier alpha value is -0.470. The summed E-state index contributed by atoms with van der Waals surface area (Å²) in [6, 6.07) is 5.69. The molecule has 1 heterocycles. The lowest BCUT2D eigenvalue weighted by atomic mass is 10.2. The minimum Gasteiger partial charge on any atom is -0.316 e. The van der Waals surface area contributed by atoms with Gasteiger partial charge in [-0.3, -0.25) is 0 Å². The highest BCUT2D eigenvalue weighted by atomic mass is 79.9. The molecule has 1 saturated heterocycles. The van der Waals surface area contributed by atoms with E-state index >= 15 is 0 Å². The third-order valence-corrected chi connectivity index (χ3v) is 6.26. The molecule has 0 spiro atoms. The lowest BCUT2D eigenvalue weighted by molar-refractivity contribution is 0.311. The molecular weight excluding hydrogens is 354 g/mol. The van der Waals surface area contributed by atoms with E-state index < -0.39 is 10.0 Å². The van der Waals surface area contributed by atoms with Gasteiger partial charge in [0, 0.05) is 23.6 Å². The number of hydrogen-bond donors (Lipinski definition) is 2. The maximum atomic E-state index is 12.5. The lowest BCUT2D eigenvalue weighted by Crippen LogP contribution is -2.38. The zero-order chi connectivity index (χ0) is 15.5. The van der Waals surface area contributed by atoms with Crippen LogP contribution in [0.4, 0.5) is 0 Å². The summed E-state index contributed by atoms with van der Waals surface area (Å²) in [5, 5.41) is 3.03. The van der Waals surface area contributed by atoms with Crippen molar-refractivity contribution in [1.82, 2.24) is 14.9 Å². The highest BCUT2D eigenvalue weighted by molar-refractivity contribution is 9.10. The van der Waals surface area contributed by atoms with Gasteiger partial charge < -0.3 is 10.2 Å². The molecule has 1 atom stereocenters. The standard InChI is InChI=1S/C14H22BrN3O2S/c1-16-9-11-5-6-13(15)14(8-11)21(19,20)17-10-12-4-3-7-18(12)2/h5-6,8,12,16-17H,3-4,7,9-10H2,1-2H3. The largest absolute Gasteiger partial charge is 0.316 e. The Labute approximate surface area is 135 Å². The van der Waals surface area contributed by atoms with Gasteiger partial charge in [-0.15, -0.1) is 0 Å². The molecule has 0 aliphatic carbocycles. The first-order valence-corrected chi connectivity index (χ1v) is 9.34. The van der Waals surface area contributed by atoms with Crippen molar-refractivity contribution in [3.8, 4) is 0 Å². The number of likely N-dealkylation sites (N-methyl/N-ethyl adjacent to an activating group) is 1. The molecule has 1 aliphatic rings. The van der Waals surface area contributed by atoms with E-state index in [0.29, 0.717) is 28.5 Å². The van der Waals surface area contributed by atoms with Crippen molar-refractivity contribution in [2.75, 3.05) is 27.2 Å². The zero-order valence-electron chi connectivity index (χ0n) is 12.4. The average Bonchev–Trinajstić information content (AvgIpc) is 2.84. The van der Waals surface area contributed by atoms with Crippen LogP contribution in [0.2, 0.25) is 0 Å². The van der Waals surface area contributed by atoms with Gasteiger partial charge in [0.15, 0.2) is 0 Å². The van der Waals surface area contributed by atoms with Crippen molar-refractivity contribution in [2.45, 2.75) is 30.3 Å². The second kappa shape index (κ2) is 7.19. The SMILES string of the molecule is CNCc1ccc(Br)c(S(=O)(=O)NCC2CCCN2C)c1. The van der Waals surface area contributed by atoms with E-state index in [2.05, 4.69) is 30.9 Å². The van der Waals surface area contributed by atoms with Crippen LogP contribution in [0.5, 0.6) is 0 Å². The summed E-state index contributed by atoms with van der Waals surface area (Å²) in [5.41, 5.74) is 0.944. The van der Waals surface area contributed by atoms with Crippen molar-refractivity contribution in [3.05, 3.63) is 28.2 Å². The molecule has 21 heavy (non-hydrogen) atoms. The van der Waals surface area contributed by atoms with Crippen LogP contribution in [0.15, 0.2) is 27.6 Å². The topological polar surface area (TPSA) is 61.4 Å². The van der Waals surface area contributed by atoms with Gasteiger partial charge in [0.05, 0.1) is 4.90 Å². The van der Waals surface area contributed by atoms with E-state index in [0.717, 1.165) is 24.9 Å². The summed E-state index contributed by atoms with van der Waals surface area (Å²) in [6.07, 6.45) is 2.17. The van der Waals surface area contributed by atoms with Crippen molar-refractivity contribution in [3.63, 3.8) is 0 Å². The molecule has 0 radical (unpaired) electrons. The molecule has 0 amide bonds. The fourth-order valence-electron chi connectivity index (χ4n) is 2.59. The molecule has 118 valence electrons. The molecule has 1 aliphatic heterocycles. The Morgan fingerprint density at radius 2 is 2.19 bits per heavy atom. The van der Waals surface area contributed by atoms with Crippen molar-refractivity contribution >= 4 is 26.0 Å². The van der Waals surface area contributed by atoms with Crippen LogP contribution in [0, 0.1) is 0 Å². The summed E-state index contributed by atoms with van der Waals surface area (Å²) < 4.78 is 28.3. The number of nitrogens with zero attached hydrogens (tertiary/aromatic N) is 1. The molecular formula is C14H22BrN3O2S. The molecule has 1 aromatic rings. The lowest BCUT2D eigenvalue weighted by Gasteiger charge is -2.20. The first kappa shape index (κ1) is 16.9. The van der Waals surface area contributed by atoms with E-state index in [-0.39, 0.29) is 0 Å². The van der Waals surface area contributed by atoms with Crippen LogP contribution in [-0.2, 0) is 16.6 Å². The Balaban J connectivity index is 2.13. The summed E-state index contributed by atoms with van der Waals surface area (Å²) in [4.78, 5) is 2.51. The van der Waals surface area contributed by atoms with E-state index in [1.54, 1.807) is 12.1 Å². The summed E-state index contributed by atoms with van der Waals surface area (Å²) in [5.74, 6) is 0. The molecule has 0 saturated carbocycles. The number of nitrogens with one attached hydrogen (secondary N) is 2. The molecule has 1 fully saturated rings. The van der Waals surface area contributed by atoms with Gasteiger partial charge in [0.25, 0.3) is 0 Å². The maximum Gasteiger partial charge on any atom is 0.241 e. The molecule has 0 aromatic heterocycles. The number of benzene rings is 1. The van der Waals surface area contributed by atoms with Gasteiger partial charge in [0.1, 0.15) is 0 Å². The van der Waals surface area contributed by atoms with Crippen LogP contribution >= 0.6 is 15.9 Å². The highest BCUT2D eigenvalue weighted by Gasteiger charge is 2.24. The third kappa shape index (κ3) is 4.26. The fourth-order valence-corrected chi connectivity index (χ4v) is 4.67. The zero-order valence-corrected chi connectivity index (χ0v) is 14.8. The molecule has 7 heteroatoms. The Kier molecular flexibility index (Phi) is 5.79. The van der Waals surface area contributed by atoms with Gasteiger partial charge in [-0.05, 0) is 67.1 Å². The quantitative estimate of drug-likeness (QED) is 0.791. The van der Waals surface area contributed by atoms with Gasteiger partial charge >= 0.3 is 0 Å². The molecule has 0 bridgehead atoms. The molecule has 1 unspecified atom stereocenters. The number of likely N-dealkylation sites (tertiary alicyclic amines) is 1. The summed E-state index contributed by atoms with van der Waals surface area (Å²) >= 11 is 3.33. The molecule has 2 N–H and O–H groups in total. The minimum atomic E-state index is -3.49. The average molecular weight is 376 g/mol. The van der Waals surface area contributed by atoms with E-state index in [1.165, 1.54) is 0 Å². The fraction of sp³-hybridized carbons (Fsp3) is 0.571. The number of halogens is 1. The molecule has 1 aromatic carbocycles. The number of sulfonamides is 1. The van der Waals surface area contributed by atoms with Crippen molar-refractivity contribution in [1.29, 1.82) is 0 Å². The normalized spacial score (nSPS) is 20.0. The van der Waals surface area contributed by atoms with Gasteiger partial charge in [-0.25, -0.2) is 13.1 Å². The Morgan fingerprint density at radius 1 is 1.43 bits per heavy atom. The third-order valence-electron chi connectivity index (χ3n) is 3.85. The molecule has 2 rings (SSSR count). The summed E-state index contributed by atoms with van der Waals surface area (Å²) in [7, 11) is 0.381. The van der Waals surface area contributed by atoms with Crippen LogP contribution in [0.25, 0.3) is 0 Å². The van der Waals surface area contributed by atoms with Crippen molar-refractivity contribution in [2.24, 2.45) is 0 Å². The second-order valence-corrected chi connectivity index (χ2v) is 8.01. The van der Waals surface area contributed by atoms with Gasteiger partial charge in [-0.1, -0.05) is 6.07 Å². The van der Waals surface area contributed by atoms with Crippen LogP contribution in [0.1, 0.15) is 18.4 Å². The van der Waals surface area contributed by atoms with Crippen LogP contribution in [-0.4, -0.2) is 46.5 Å². The van der Waals surface area contributed by atoms with E-state index in [4.69, 9.17) is 0 Å². The smallest absolute Gasteiger partial charge is 0.241 e. The monoisotopic (exact) mass is 375 g/mol. The maximum absolute atomic E-state index is 12.5. The van der Waals surface area contributed by atoms with E-state index in [1.807, 2.05) is 20.2 Å². The van der Waals surface area contributed by atoms with Crippen molar-refractivity contribution < 1.29 is 8.42 Å². The second-order valence-electron chi connectivity index (χ2n) is 5.42. The van der Waals surface area contributed by atoms with Crippen LogP contribution < -0.4 is 10.0 Å². The highest BCUT2D eigenvalue weighted by Crippen LogP contribution is 2.23. The number of hydrogen-bond acceptors (Lipinski definition) is 4. The van der Waals surface area contributed by atoms with E-state index in [9.17, 15) is 8.42 Å². The molecule has 5 nitrogen and oxygen atoms in total. The summed E-state index contributed by atoms with van der Waals surface area (Å²) in [6.45, 7) is 2.14. The first-order valence-electron chi connectivity index (χ1n) is 7.07. The predicted molar refractivity (Wildman–Crippen MR) is 87.7 cm³/mol. The predicted octanol–water partition coefficient (Wildman–Crippen LogP) is 1.54. The first-order chi connectivity index (χ1) is 9.94. The Morgan fingerprint density at radius 3 is 2.81 bits per heavy atom. The van der Waals surface area contributed by atoms with Crippen LogP contribution in [0.3, 0.4) is 0 Å². The number of rotatable bonds is 6. The minimum absolute atomic E-state index is 0.291. The van der Waals surface area contributed by atoms with Gasteiger partial charge in [-0.2, -0.15) is 0 Å².